The van der Waals surface area contributed by atoms with Crippen molar-refractivity contribution >= 4 is 9.39 Å². The Kier molecular flexibility index (Phi) is 2.67. The van der Waals surface area contributed by atoms with Crippen LogP contribution in [0.1, 0.15) is 11.1 Å². The van der Waals surface area contributed by atoms with Crippen molar-refractivity contribution in [3.05, 3.63) is 29.3 Å². The van der Waals surface area contributed by atoms with Gasteiger partial charge in [0.15, 0.2) is 0 Å². The average Bonchev–Trinajstić information content (AvgIpc) is 2.37. The van der Waals surface area contributed by atoms with Gasteiger partial charge in [-0.05, 0) is 6.07 Å². The molecule has 0 aliphatic carbocycles. The van der Waals surface area contributed by atoms with E-state index in [9.17, 15) is 0 Å². The van der Waals surface area contributed by atoms with Crippen LogP contribution in [-0.4, -0.2) is 17.8 Å². The number of ether oxygens (including phenoxy) is 1. The monoisotopic (exact) mass is 206 g/mol. The highest BCUT2D eigenvalue weighted by Crippen LogP contribution is 2.27. The largest absolute Gasteiger partial charge is 0.491 e. The molecule has 14 heavy (non-hydrogen) atoms. The van der Waals surface area contributed by atoms with E-state index in [1.165, 1.54) is 0 Å². The van der Waals surface area contributed by atoms with Gasteiger partial charge in [0.25, 0.3) is 0 Å². The fraction of sp³-hybridized carbons (Fsp3) is 0.300. The van der Waals surface area contributed by atoms with E-state index < -0.39 is 0 Å². The quantitative estimate of drug-likeness (QED) is 0.604. The second-order valence-electron chi connectivity index (χ2n) is 3.22. The summed E-state index contributed by atoms with van der Waals surface area (Å²) in [4.78, 5) is 0. The highest BCUT2D eigenvalue weighted by Gasteiger charge is 2.15. The molecule has 0 fully saturated rings. The van der Waals surface area contributed by atoms with Gasteiger partial charge < -0.3 is 4.74 Å². The van der Waals surface area contributed by atoms with Crippen LogP contribution in [0.3, 0.4) is 0 Å². The molecule has 1 unspecified atom stereocenters. The van der Waals surface area contributed by atoms with E-state index in [1.807, 2.05) is 12.1 Å². The number of rotatable bonds is 0. The van der Waals surface area contributed by atoms with Crippen LogP contribution in [0, 0.1) is 11.3 Å². The minimum absolute atomic E-state index is 0.628. The minimum atomic E-state index is 0.628. The van der Waals surface area contributed by atoms with E-state index in [0.717, 1.165) is 24.4 Å². The van der Waals surface area contributed by atoms with E-state index in [1.54, 1.807) is 6.07 Å². The van der Waals surface area contributed by atoms with Crippen LogP contribution in [0.15, 0.2) is 18.2 Å². The van der Waals surface area contributed by atoms with Crippen LogP contribution >= 0.6 is 9.39 Å². The molecule has 0 spiro atoms. The molecule has 0 saturated carbocycles. The lowest BCUT2D eigenvalue weighted by Crippen LogP contribution is -2.14. The molecule has 3 nitrogen and oxygen atoms in total. The average molecular weight is 206 g/mol. The van der Waals surface area contributed by atoms with Gasteiger partial charge in [0.2, 0.25) is 0 Å². The Morgan fingerprint density at radius 1 is 1.50 bits per heavy atom. The van der Waals surface area contributed by atoms with Gasteiger partial charge in [0, 0.05) is 18.7 Å². The molecule has 4 heteroatoms. The van der Waals surface area contributed by atoms with Crippen LogP contribution in [0.4, 0.5) is 0 Å². The lowest BCUT2D eigenvalue weighted by atomic mass is 10.1. The first-order valence-corrected chi connectivity index (χ1v) is 4.97. The van der Waals surface area contributed by atoms with Crippen LogP contribution < -0.4 is 4.74 Å². The van der Waals surface area contributed by atoms with Gasteiger partial charge in [-0.3, -0.25) is 4.67 Å². The zero-order valence-corrected chi connectivity index (χ0v) is 8.89. The molecule has 1 aromatic carbocycles. The van der Waals surface area contributed by atoms with Crippen LogP contribution in [0.25, 0.3) is 0 Å². The predicted molar refractivity (Wildman–Crippen MR) is 56.8 cm³/mol. The first kappa shape index (κ1) is 9.45. The first-order valence-electron chi connectivity index (χ1n) is 4.45. The van der Waals surface area contributed by atoms with E-state index in [2.05, 4.69) is 20.1 Å². The third kappa shape index (κ3) is 1.72. The van der Waals surface area contributed by atoms with Crippen molar-refractivity contribution in [1.29, 1.82) is 5.26 Å². The van der Waals surface area contributed by atoms with Crippen molar-refractivity contribution in [2.24, 2.45) is 0 Å². The number of nitriles is 1. The summed E-state index contributed by atoms with van der Waals surface area (Å²) < 4.78 is 7.67. The van der Waals surface area contributed by atoms with E-state index in [4.69, 9.17) is 10.00 Å². The molecule has 0 amide bonds. The molecule has 1 atom stereocenters. The summed E-state index contributed by atoms with van der Waals surface area (Å²) in [7, 11) is 2.66. The van der Waals surface area contributed by atoms with Gasteiger partial charge in [0.1, 0.15) is 18.4 Å². The van der Waals surface area contributed by atoms with Gasteiger partial charge in [-0.25, -0.2) is 0 Å². The normalized spacial score (nSPS) is 16.3. The summed E-state index contributed by atoms with van der Waals surface area (Å²) in [6, 6.07) is 7.83. The van der Waals surface area contributed by atoms with Gasteiger partial charge in [-0.15, -0.1) is 0 Å². The smallest absolute Gasteiger partial charge is 0.141 e. The first-order chi connectivity index (χ1) is 6.81. The maximum Gasteiger partial charge on any atom is 0.141 e. The lowest BCUT2D eigenvalue weighted by molar-refractivity contribution is 0.300. The Morgan fingerprint density at radius 2 is 2.36 bits per heavy atom. The molecule has 0 N–H and O–H groups in total. The molecular formula is C10H11N2OP. The zero-order valence-electron chi connectivity index (χ0n) is 7.73. The van der Waals surface area contributed by atoms with Crippen LogP contribution in [0.2, 0.25) is 0 Å². The summed E-state index contributed by atoms with van der Waals surface area (Å²) >= 11 is 0. The SMILES string of the molecule is N#Cc1cccc2c1OCCN(P)C2. The van der Waals surface area contributed by atoms with Gasteiger partial charge in [-0.2, -0.15) is 5.26 Å². The van der Waals surface area contributed by atoms with Gasteiger partial charge in [0.05, 0.1) is 5.56 Å². The summed E-state index contributed by atoms with van der Waals surface area (Å²) in [5, 5.41) is 8.90. The summed E-state index contributed by atoms with van der Waals surface area (Å²) in [5.74, 6) is 0.750. The van der Waals surface area contributed by atoms with Crippen LogP contribution in [0.5, 0.6) is 5.75 Å². The number of benzene rings is 1. The standard InChI is InChI=1S/C10H11N2OP/c11-6-8-2-1-3-9-7-12(14)4-5-13-10(8)9/h1-3H,4-5,7,14H2. The van der Waals surface area contributed by atoms with E-state index in [0.29, 0.717) is 12.2 Å². The molecule has 0 bridgehead atoms. The molecule has 1 aliphatic heterocycles. The van der Waals surface area contributed by atoms with Crippen molar-refractivity contribution in [1.82, 2.24) is 4.67 Å². The predicted octanol–water partition coefficient (Wildman–Crippen LogP) is 1.54. The molecule has 0 saturated heterocycles. The van der Waals surface area contributed by atoms with Crippen LogP contribution in [-0.2, 0) is 6.54 Å². The number of nitrogens with zero attached hydrogens (tertiary/aromatic N) is 2. The summed E-state index contributed by atoms with van der Waals surface area (Å²) in [5.41, 5.74) is 1.71. The van der Waals surface area contributed by atoms with E-state index in [-0.39, 0.29) is 0 Å². The fourth-order valence-electron chi connectivity index (χ4n) is 1.53. The summed E-state index contributed by atoms with van der Waals surface area (Å²) in [6.07, 6.45) is 0. The maximum absolute atomic E-state index is 8.90. The Morgan fingerprint density at radius 3 is 3.14 bits per heavy atom. The van der Waals surface area contributed by atoms with Crippen molar-refractivity contribution in [3.8, 4) is 11.8 Å². The fourth-order valence-corrected chi connectivity index (χ4v) is 1.83. The number of para-hydroxylation sites is 1. The third-order valence-corrected chi connectivity index (χ3v) is 2.66. The second kappa shape index (κ2) is 3.96. The van der Waals surface area contributed by atoms with Crippen molar-refractivity contribution in [3.63, 3.8) is 0 Å². The Hall–Kier alpha value is -1.10. The van der Waals surface area contributed by atoms with Crippen molar-refractivity contribution < 1.29 is 4.74 Å². The molecule has 2 rings (SSSR count). The maximum atomic E-state index is 8.90. The zero-order chi connectivity index (χ0) is 9.97. The van der Waals surface area contributed by atoms with Crippen molar-refractivity contribution in [2.75, 3.05) is 13.2 Å². The Balaban J connectivity index is 2.45. The molecule has 0 aromatic heterocycles. The Labute approximate surface area is 85.5 Å². The summed E-state index contributed by atoms with van der Waals surface area (Å²) in [6.45, 7) is 2.31. The molecular weight excluding hydrogens is 195 g/mol. The van der Waals surface area contributed by atoms with Gasteiger partial charge >= 0.3 is 0 Å². The molecule has 1 aromatic rings. The highest BCUT2D eigenvalue weighted by atomic mass is 31.0. The Bertz CT molecular complexity index is 386. The number of fused-ring (bicyclic) bond motifs is 1. The molecule has 0 radical (unpaired) electrons. The van der Waals surface area contributed by atoms with Gasteiger partial charge in [-0.1, -0.05) is 21.5 Å². The number of hydrogen-bond acceptors (Lipinski definition) is 3. The molecule has 1 heterocycles. The topological polar surface area (TPSA) is 36.3 Å². The third-order valence-electron chi connectivity index (χ3n) is 2.22. The molecule has 1 aliphatic rings. The second-order valence-corrected chi connectivity index (χ2v) is 3.95. The number of hydrogen-bond donors (Lipinski definition) is 0. The van der Waals surface area contributed by atoms with Crippen molar-refractivity contribution in [2.45, 2.75) is 6.54 Å². The minimum Gasteiger partial charge on any atom is -0.491 e. The highest BCUT2D eigenvalue weighted by molar-refractivity contribution is 7.13. The molecule has 72 valence electrons. The van der Waals surface area contributed by atoms with E-state index >= 15 is 0 Å². The lowest BCUT2D eigenvalue weighted by Gasteiger charge is -2.10.